The van der Waals surface area contributed by atoms with E-state index in [9.17, 15) is 9.46 Å². The molecule has 0 aliphatic rings. The fourth-order valence-electron chi connectivity index (χ4n) is 4.65. The number of methoxy groups -OCH3 is 1. The number of thiazole rings is 1. The van der Waals surface area contributed by atoms with Gasteiger partial charge in [-0.1, -0.05) is 94.2 Å². The van der Waals surface area contributed by atoms with Crippen LogP contribution in [0.25, 0.3) is 0 Å². The summed E-state index contributed by atoms with van der Waals surface area (Å²) in [7, 11) is -2.87. The average Bonchev–Trinajstić information content (AvgIpc) is 3.50. The Morgan fingerprint density at radius 2 is 1.58 bits per heavy atom. The molecule has 0 aliphatic heterocycles. The van der Waals surface area contributed by atoms with Gasteiger partial charge in [-0.05, 0) is 37.6 Å². The molecule has 2 atom stereocenters. The Hall–Kier alpha value is -2.42. The first-order valence-electron chi connectivity index (χ1n) is 15.4. The molecule has 0 aliphatic carbocycles. The largest absolute Gasteiger partial charge is 0.527 e. The maximum absolute atomic E-state index is 12.6. The van der Waals surface area contributed by atoms with Crippen molar-refractivity contribution in [1.29, 1.82) is 0 Å². The Morgan fingerprint density at radius 1 is 0.907 bits per heavy atom. The van der Waals surface area contributed by atoms with Gasteiger partial charge in [0.15, 0.2) is 12.7 Å². The van der Waals surface area contributed by atoms with Crippen molar-refractivity contribution in [1.82, 2.24) is 0 Å². The Morgan fingerprint density at radius 3 is 2.26 bits per heavy atom. The van der Waals surface area contributed by atoms with Crippen molar-refractivity contribution in [3.05, 3.63) is 70.7 Å². The van der Waals surface area contributed by atoms with Gasteiger partial charge in [-0.2, -0.15) is 4.57 Å². The molecule has 0 saturated carbocycles. The van der Waals surface area contributed by atoms with Crippen molar-refractivity contribution in [3.63, 3.8) is 0 Å². The van der Waals surface area contributed by atoms with Crippen LogP contribution in [0.2, 0.25) is 0 Å². The van der Waals surface area contributed by atoms with Crippen LogP contribution in [-0.4, -0.2) is 37.9 Å². The van der Waals surface area contributed by atoms with Crippen molar-refractivity contribution in [2.24, 2.45) is 0 Å². The van der Waals surface area contributed by atoms with E-state index in [2.05, 4.69) is 6.92 Å². The van der Waals surface area contributed by atoms with E-state index in [1.54, 1.807) is 29.5 Å². The molecule has 1 N–H and O–H groups in total. The minimum Gasteiger partial charge on any atom is -0.493 e. The number of hydrogen-bond acceptors (Lipinski definition) is 7. The summed E-state index contributed by atoms with van der Waals surface area (Å²) < 4.78 is 42.7. The molecule has 43 heavy (non-hydrogen) atoms. The third-order valence-electron chi connectivity index (χ3n) is 7.18. The monoisotopic (exact) mass is 634 g/mol. The fraction of sp³-hybridized carbons (Fsp3) is 0.545. The van der Waals surface area contributed by atoms with Crippen LogP contribution in [0.5, 0.6) is 17.2 Å². The van der Waals surface area contributed by atoms with Gasteiger partial charge in [-0.15, -0.1) is 0 Å². The van der Waals surface area contributed by atoms with Crippen LogP contribution in [-0.2, 0) is 20.4 Å². The molecule has 2 unspecified atom stereocenters. The summed E-state index contributed by atoms with van der Waals surface area (Å²) in [4.78, 5) is 10.3. The fourth-order valence-corrected chi connectivity index (χ4v) is 6.03. The highest BCUT2D eigenvalue weighted by Gasteiger charge is 2.26. The zero-order valence-electron chi connectivity index (χ0n) is 25.9. The third kappa shape index (κ3) is 13.8. The molecule has 2 aromatic carbocycles. The Bertz CT molecular complexity index is 1220. The number of nitrogens with zero attached hydrogens (tertiary/aromatic N) is 1. The van der Waals surface area contributed by atoms with Crippen LogP contribution in [0.4, 0.5) is 0 Å². The lowest BCUT2D eigenvalue weighted by Crippen LogP contribution is -2.30. The maximum atomic E-state index is 12.6. The molecule has 0 bridgehead atoms. The predicted octanol–water partition coefficient (Wildman–Crippen LogP) is 8.28. The highest BCUT2D eigenvalue weighted by molar-refractivity contribution is 7.47. The van der Waals surface area contributed by atoms with Gasteiger partial charge in [0.1, 0.15) is 30.0 Å². The maximum Gasteiger partial charge on any atom is 0.527 e. The first-order chi connectivity index (χ1) is 20.9. The molecule has 1 heterocycles. The zero-order chi connectivity index (χ0) is 30.8. The standard InChI is InChI=1S/C33H48NO7PS/c1-4-5-6-7-8-9-10-11-12-13-21-38-32-18-15-19-33(28(32)2)39-25-31(37-3)26-40-42(35,36)41-30-17-14-16-29(23-30)24-34-20-22-43-27-34/h14-20,22-23,27,31H,4-13,21,24-26H2,1-3H3/p+1. The lowest BCUT2D eigenvalue weighted by Gasteiger charge is -2.20. The van der Waals surface area contributed by atoms with E-state index in [1.165, 1.54) is 64.9 Å². The number of hydrogen-bond donors (Lipinski definition) is 1. The minimum absolute atomic E-state index is 0.132. The van der Waals surface area contributed by atoms with Crippen LogP contribution in [0.1, 0.15) is 82.3 Å². The van der Waals surface area contributed by atoms with Crippen molar-refractivity contribution in [2.45, 2.75) is 90.7 Å². The van der Waals surface area contributed by atoms with Crippen LogP contribution in [0, 0.1) is 6.92 Å². The molecule has 3 rings (SSSR count). The first kappa shape index (κ1) is 35.1. The molecule has 1 aromatic heterocycles. The molecule has 0 amide bonds. The van der Waals surface area contributed by atoms with Crippen molar-refractivity contribution in [2.75, 3.05) is 26.9 Å². The predicted molar refractivity (Wildman–Crippen MR) is 171 cm³/mol. The number of phosphoric acid groups is 1. The average molecular weight is 635 g/mol. The summed E-state index contributed by atoms with van der Waals surface area (Å²) in [6.45, 7) is 5.48. The van der Waals surface area contributed by atoms with Crippen LogP contribution < -0.4 is 18.6 Å². The Kier molecular flexibility index (Phi) is 16.1. The smallest absolute Gasteiger partial charge is 0.493 e. The quantitative estimate of drug-likeness (QED) is 0.0638. The summed E-state index contributed by atoms with van der Waals surface area (Å²) in [5.41, 5.74) is 3.83. The van der Waals surface area contributed by atoms with Crippen LogP contribution in [0.15, 0.2) is 59.6 Å². The van der Waals surface area contributed by atoms with Crippen molar-refractivity contribution in [3.8, 4) is 17.2 Å². The van der Waals surface area contributed by atoms with E-state index in [1.807, 2.05) is 52.8 Å². The number of ether oxygens (including phenoxy) is 3. The molecule has 10 heteroatoms. The van der Waals surface area contributed by atoms with E-state index in [0.717, 1.165) is 23.3 Å². The van der Waals surface area contributed by atoms with Gasteiger partial charge in [0.05, 0.1) is 18.6 Å². The summed E-state index contributed by atoms with van der Waals surface area (Å²) >= 11 is 1.60. The molecular formula is C33H49NO7PS+. The number of aromatic nitrogens is 1. The zero-order valence-corrected chi connectivity index (χ0v) is 27.7. The first-order valence-corrected chi connectivity index (χ1v) is 17.9. The second kappa shape index (κ2) is 19.8. The molecule has 0 radical (unpaired) electrons. The van der Waals surface area contributed by atoms with Gasteiger partial charge < -0.3 is 18.7 Å². The highest BCUT2D eigenvalue weighted by Crippen LogP contribution is 2.44. The van der Waals surface area contributed by atoms with Crippen LogP contribution >= 0.6 is 19.2 Å². The number of phosphoric ester groups is 1. The molecular weight excluding hydrogens is 585 g/mol. The third-order valence-corrected chi connectivity index (χ3v) is 8.77. The second-order valence-corrected chi connectivity index (χ2v) is 12.9. The van der Waals surface area contributed by atoms with Gasteiger partial charge in [0, 0.05) is 18.2 Å². The van der Waals surface area contributed by atoms with Gasteiger partial charge in [0.2, 0.25) is 5.51 Å². The molecule has 3 aromatic rings. The minimum atomic E-state index is -4.38. The number of rotatable bonds is 23. The van der Waals surface area contributed by atoms with Crippen molar-refractivity contribution < 1.29 is 37.3 Å². The summed E-state index contributed by atoms with van der Waals surface area (Å²) in [6, 6.07) is 12.8. The second-order valence-electron chi connectivity index (χ2n) is 10.8. The van der Waals surface area contributed by atoms with Crippen molar-refractivity contribution >= 4 is 19.2 Å². The summed E-state index contributed by atoms with van der Waals surface area (Å²) in [5, 5.41) is 1.98. The number of benzene rings is 2. The van der Waals surface area contributed by atoms with Gasteiger partial charge in [-0.25, -0.2) is 4.57 Å². The van der Waals surface area contributed by atoms with E-state index >= 15 is 0 Å². The molecule has 0 spiro atoms. The Labute approximate surface area is 261 Å². The summed E-state index contributed by atoms with van der Waals surface area (Å²) in [6.07, 6.45) is 14.3. The lowest BCUT2D eigenvalue weighted by molar-refractivity contribution is -0.683. The normalized spacial score (nSPS) is 13.4. The number of unbranched alkanes of at least 4 members (excludes halogenated alkanes) is 9. The van der Waals surface area contributed by atoms with Crippen LogP contribution in [0.3, 0.4) is 0 Å². The Balaban J connectivity index is 1.37. The van der Waals surface area contributed by atoms with E-state index in [4.69, 9.17) is 23.3 Å². The molecule has 238 valence electrons. The SMILES string of the molecule is CCCCCCCCCCCCOc1cccc(OCC(COP(=O)(O)Oc2cccc(C[n+]3ccsc3)c2)OC)c1C. The molecule has 0 saturated heterocycles. The van der Waals surface area contributed by atoms with E-state index < -0.39 is 13.9 Å². The lowest BCUT2D eigenvalue weighted by atomic mass is 10.1. The topological polar surface area (TPSA) is 87.3 Å². The molecule has 8 nitrogen and oxygen atoms in total. The molecule has 0 fully saturated rings. The summed E-state index contributed by atoms with van der Waals surface area (Å²) in [5.74, 6) is 1.73. The van der Waals surface area contributed by atoms with Gasteiger partial charge in [-0.3, -0.25) is 9.42 Å². The van der Waals surface area contributed by atoms with E-state index in [0.29, 0.717) is 18.9 Å². The van der Waals surface area contributed by atoms with Gasteiger partial charge in [0.25, 0.3) is 0 Å². The van der Waals surface area contributed by atoms with E-state index in [-0.39, 0.29) is 19.0 Å². The van der Waals surface area contributed by atoms with Gasteiger partial charge >= 0.3 is 7.82 Å². The highest BCUT2D eigenvalue weighted by atomic mass is 32.1.